The Labute approximate surface area is 81.8 Å². The fourth-order valence-electron chi connectivity index (χ4n) is 1.93. The zero-order valence-electron chi connectivity index (χ0n) is 7.73. The molecule has 0 amide bonds. The predicted octanol–water partition coefficient (Wildman–Crippen LogP) is 0.853. The SMILES string of the molecule is Nc1nccc2c1CC[C@H](C(=O)O)C2. The largest absolute Gasteiger partial charge is 0.481 e. The van der Waals surface area contributed by atoms with Crippen LogP contribution >= 0.6 is 0 Å². The van der Waals surface area contributed by atoms with Crippen LogP contribution in [0.1, 0.15) is 17.5 Å². The molecule has 0 fully saturated rings. The van der Waals surface area contributed by atoms with Gasteiger partial charge in [0.25, 0.3) is 0 Å². The summed E-state index contributed by atoms with van der Waals surface area (Å²) in [7, 11) is 0. The molecule has 74 valence electrons. The first-order chi connectivity index (χ1) is 6.68. The van der Waals surface area contributed by atoms with Crippen LogP contribution in [0.4, 0.5) is 5.82 Å². The van der Waals surface area contributed by atoms with E-state index in [1.807, 2.05) is 6.07 Å². The Kier molecular flexibility index (Phi) is 2.11. The molecule has 0 saturated carbocycles. The summed E-state index contributed by atoms with van der Waals surface area (Å²) >= 11 is 0. The summed E-state index contributed by atoms with van der Waals surface area (Å²) in [5.41, 5.74) is 7.77. The van der Waals surface area contributed by atoms with Crippen LogP contribution in [0.2, 0.25) is 0 Å². The van der Waals surface area contributed by atoms with Crippen molar-refractivity contribution in [3.8, 4) is 0 Å². The van der Waals surface area contributed by atoms with Gasteiger partial charge in [-0.1, -0.05) is 0 Å². The third-order valence-electron chi connectivity index (χ3n) is 2.74. The first kappa shape index (κ1) is 8.99. The minimum Gasteiger partial charge on any atom is -0.481 e. The Balaban J connectivity index is 2.31. The highest BCUT2D eigenvalue weighted by Gasteiger charge is 2.25. The van der Waals surface area contributed by atoms with E-state index in [1.165, 1.54) is 0 Å². The summed E-state index contributed by atoms with van der Waals surface area (Å²) in [4.78, 5) is 14.8. The van der Waals surface area contributed by atoms with Crippen LogP contribution in [0.15, 0.2) is 12.3 Å². The molecule has 0 radical (unpaired) electrons. The van der Waals surface area contributed by atoms with Gasteiger partial charge in [0.2, 0.25) is 0 Å². The van der Waals surface area contributed by atoms with Gasteiger partial charge in [-0.05, 0) is 36.5 Å². The Morgan fingerprint density at radius 2 is 2.43 bits per heavy atom. The van der Waals surface area contributed by atoms with Crippen LogP contribution < -0.4 is 5.73 Å². The van der Waals surface area contributed by atoms with Crippen molar-refractivity contribution in [3.63, 3.8) is 0 Å². The van der Waals surface area contributed by atoms with Gasteiger partial charge in [0.1, 0.15) is 5.82 Å². The molecule has 0 aromatic carbocycles. The lowest BCUT2D eigenvalue weighted by Crippen LogP contribution is -2.23. The summed E-state index contributed by atoms with van der Waals surface area (Å²) < 4.78 is 0. The molecule has 14 heavy (non-hydrogen) atoms. The molecule has 4 heteroatoms. The van der Waals surface area contributed by atoms with E-state index in [9.17, 15) is 4.79 Å². The third kappa shape index (κ3) is 1.43. The number of hydrogen-bond donors (Lipinski definition) is 2. The lowest BCUT2D eigenvalue weighted by molar-refractivity contribution is -0.142. The Morgan fingerprint density at radius 3 is 3.14 bits per heavy atom. The summed E-state index contributed by atoms with van der Waals surface area (Å²) in [6.07, 6.45) is 3.61. The van der Waals surface area contributed by atoms with Crippen LogP contribution in [0, 0.1) is 5.92 Å². The standard InChI is InChI=1S/C10H12N2O2/c11-9-8-2-1-7(10(13)14)5-6(8)3-4-12-9/h3-4,7H,1-2,5H2,(H2,11,12)(H,13,14)/t7-/m0/s1. The summed E-state index contributed by atoms with van der Waals surface area (Å²) in [5, 5.41) is 8.89. The number of fused-ring (bicyclic) bond motifs is 1. The van der Waals surface area contributed by atoms with E-state index >= 15 is 0 Å². The van der Waals surface area contributed by atoms with Gasteiger partial charge >= 0.3 is 5.97 Å². The molecule has 2 rings (SSSR count). The fourth-order valence-corrected chi connectivity index (χ4v) is 1.93. The second kappa shape index (κ2) is 3.29. The average Bonchev–Trinajstić information content (AvgIpc) is 2.17. The van der Waals surface area contributed by atoms with Crippen LogP contribution in [0.5, 0.6) is 0 Å². The molecule has 1 aliphatic carbocycles. The van der Waals surface area contributed by atoms with E-state index in [4.69, 9.17) is 10.8 Å². The van der Waals surface area contributed by atoms with Crippen LogP contribution in [-0.2, 0) is 17.6 Å². The molecule has 0 aliphatic heterocycles. The number of hydrogen-bond acceptors (Lipinski definition) is 3. The zero-order valence-corrected chi connectivity index (χ0v) is 7.73. The number of pyridine rings is 1. The van der Waals surface area contributed by atoms with Gasteiger partial charge in [0.05, 0.1) is 5.92 Å². The predicted molar refractivity (Wildman–Crippen MR) is 51.8 cm³/mol. The van der Waals surface area contributed by atoms with Gasteiger partial charge < -0.3 is 10.8 Å². The minimum atomic E-state index is -0.717. The average molecular weight is 192 g/mol. The maximum absolute atomic E-state index is 10.8. The molecule has 4 nitrogen and oxygen atoms in total. The Hall–Kier alpha value is -1.58. The molecule has 3 N–H and O–H groups in total. The van der Waals surface area contributed by atoms with Crippen LogP contribution in [-0.4, -0.2) is 16.1 Å². The van der Waals surface area contributed by atoms with Crippen molar-refractivity contribution in [1.29, 1.82) is 0 Å². The summed E-state index contributed by atoms with van der Waals surface area (Å²) in [6.45, 7) is 0. The van der Waals surface area contributed by atoms with Crippen molar-refractivity contribution >= 4 is 11.8 Å². The van der Waals surface area contributed by atoms with Gasteiger partial charge in [-0.2, -0.15) is 0 Å². The van der Waals surface area contributed by atoms with Gasteiger partial charge in [0.15, 0.2) is 0 Å². The third-order valence-corrected chi connectivity index (χ3v) is 2.74. The molecule has 0 bridgehead atoms. The number of carbonyl (C=O) groups is 1. The number of nitrogen functional groups attached to an aromatic ring is 1. The summed E-state index contributed by atoms with van der Waals surface area (Å²) in [6, 6.07) is 1.86. The first-order valence-electron chi connectivity index (χ1n) is 4.63. The maximum atomic E-state index is 10.8. The normalized spacial score (nSPS) is 20.1. The molecule has 0 spiro atoms. The number of nitrogens with zero attached hydrogens (tertiary/aromatic N) is 1. The zero-order chi connectivity index (χ0) is 10.1. The lowest BCUT2D eigenvalue weighted by Gasteiger charge is -2.21. The van der Waals surface area contributed by atoms with Gasteiger partial charge in [-0.3, -0.25) is 4.79 Å². The molecular formula is C10H12N2O2. The number of aliphatic carboxylic acids is 1. The van der Waals surface area contributed by atoms with Crippen molar-refractivity contribution in [2.45, 2.75) is 19.3 Å². The van der Waals surface area contributed by atoms with E-state index in [1.54, 1.807) is 6.20 Å². The molecule has 0 saturated heterocycles. The van der Waals surface area contributed by atoms with Crippen LogP contribution in [0.3, 0.4) is 0 Å². The Bertz CT molecular complexity index is 376. The van der Waals surface area contributed by atoms with E-state index in [-0.39, 0.29) is 5.92 Å². The topological polar surface area (TPSA) is 76.2 Å². The second-order valence-electron chi connectivity index (χ2n) is 3.61. The smallest absolute Gasteiger partial charge is 0.306 e. The van der Waals surface area contributed by atoms with E-state index < -0.39 is 5.97 Å². The van der Waals surface area contributed by atoms with Crippen molar-refractivity contribution in [2.24, 2.45) is 5.92 Å². The lowest BCUT2D eigenvalue weighted by atomic mass is 9.84. The van der Waals surface area contributed by atoms with Crippen molar-refractivity contribution in [1.82, 2.24) is 4.98 Å². The van der Waals surface area contributed by atoms with Crippen molar-refractivity contribution in [2.75, 3.05) is 5.73 Å². The first-order valence-corrected chi connectivity index (χ1v) is 4.63. The highest BCUT2D eigenvalue weighted by Crippen LogP contribution is 2.28. The molecule has 1 heterocycles. The number of anilines is 1. The number of carboxylic acids is 1. The molecule has 1 aromatic heterocycles. The second-order valence-corrected chi connectivity index (χ2v) is 3.61. The molecule has 1 aromatic rings. The quantitative estimate of drug-likeness (QED) is 0.691. The van der Waals surface area contributed by atoms with E-state index in [2.05, 4.69) is 4.98 Å². The Morgan fingerprint density at radius 1 is 1.64 bits per heavy atom. The highest BCUT2D eigenvalue weighted by atomic mass is 16.4. The molecule has 0 unspecified atom stereocenters. The monoisotopic (exact) mass is 192 g/mol. The molecule has 1 atom stereocenters. The number of rotatable bonds is 1. The maximum Gasteiger partial charge on any atom is 0.306 e. The fraction of sp³-hybridized carbons (Fsp3) is 0.400. The van der Waals surface area contributed by atoms with E-state index in [0.29, 0.717) is 18.7 Å². The minimum absolute atomic E-state index is 0.260. The number of nitrogens with two attached hydrogens (primary N) is 1. The van der Waals surface area contributed by atoms with Crippen LogP contribution in [0.25, 0.3) is 0 Å². The number of aromatic nitrogens is 1. The van der Waals surface area contributed by atoms with Crippen molar-refractivity contribution < 1.29 is 9.90 Å². The van der Waals surface area contributed by atoms with E-state index in [0.717, 1.165) is 17.5 Å². The highest BCUT2D eigenvalue weighted by molar-refractivity contribution is 5.71. The summed E-state index contributed by atoms with van der Waals surface area (Å²) in [5.74, 6) is -0.429. The molecular weight excluding hydrogens is 180 g/mol. The molecule has 1 aliphatic rings. The van der Waals surface area contributed by atoms with Gasteiger partial charge in [-0.25, -0.2) is 4.98 Å². The van der Waals surface area contributed by atoms with Gasteiger partial charge in [0, 0.05) is 6.20 Å². The van der Waals surface area contributed by atoms with Crippen molar-refractivity contribution in [3.05, 3.63) is 23.4 Å². The number of carboxylic acid groups (broad SMARTS) is 1. The van der Waals surface area contributed by atoms with Gasteiger partial charge in [-0.15, -0.1) is 0 Å².